The van der Waals surface area contributed by atoms with Crippen molar-refractivity contribution in [3.63, 3.8) is 0 Å². The molecule has 8 nitrogen and oxygen atoms in total. The van der Waals surface area contributed by atoms with E-state index in [4.69, 9.17) is 13.9 Å². The van der Waals surface area contributed by atoms with Crippen LogP contribution in [-0.2, 0) is 18.7 Å². The van der Waals surface area contributed by atoms with Crippen molar-refractivity contribution in [2.75, 3.05) is 19.8 Å². The first-order valence-electron chi connectivity index (χ1n) is 9.56. The lowest BCUT2D eigenvalue weighted by molar-refractivity contribution is -0.270. The lowest BCUT2D eigenvalue weighted by Crippen LogP contribution is -2.64. The number of aliphatic hydroxyl groups excluding tert-OH is 3. The van der Waals surface area contributed by atoms with Gasteiger partial charge in [0.1, 0.15) is 24.4 Å². The molecule has 0 aromatic carbocycles. The zero-order valence-electron chi connectivity index (χ0n) is 17.4. The van der Waals surface area contributed by atoms with Gasteiger partial charge in [-0.15, -0.1) is 0 Å². The minimum Gasteiger partial charge on any atom is -0.417 e. The maximum Gasteiger partial charge on any atom is 0.217 e. The van der Waals surface area contributed by atoms with Crippen molar-refractivity contribution in [2.24, 2.45) is 0 Å². The third-order valence-electron chi connectivity index (χ3n) is 5.34. The lowest BCUT2D eigenvalue weighted by atomic mass is 9.97. The van der Waals surface area contributed by atoms with Crippen molar-refractivity contribution in [1.82, 2.24) is 5.32 Å². The van der Waals surface area contributed by atoms with Gasteiger partial charge < -0.3 is 34.5 Å². The van der Waals surface area contributed by atoms with Crippen molar-refractivity contribution in [2.45, 2.75) is 89.3 Å². The summed E-state index contributed by atoms with van der Waals surface area (Å²) in [6.07, 6.45) is -2.94. The summed E-state index contributed by atoms with van der Waals surface area (Å²) in [4.78, 5) is 11.4. The van der Waals surface area contributed by atoms with E-state index < -0.39 is 45.6 Å². The topological polar surface area (TPSA) is 117 Å². The van der Waals surface area contributed by atoms with Gasteiger partial charge in [0.15, 0.2) is 14.6 Å². The molecule has 1 aliphatic rings. The maximum atomic E-state index is 11.4. The molecular weight excluding hydrogens is 370 g/mol. The molecule has 0 spiro atoms. The van der Waals surface area contributed by atoms with Crippen molar-refractivity contribution in [1.29, 1.82) is 0 Å². The molecule has 4 N–H and O–H groups in total. The Hall–Kier alpha value is -0.553. The van der Waals surface area contributed by atoms with Crippen molar-refractivity contribution in [3.8, 4) is 0 Å². The van der Waals surface area contributed by atoms with Crippen LogP contribution >= 0.6 is 0 Å². The van der Waals surface area contributed by atoms with E-state index in [1.807, 2.05) is 0 Å². The smallest absolute Gasteiger partial charge is 0.217 e. The third kappa shape index (κ3) is 7.08. The minimum atomic E-state index is -1.76. The SMILES string of the molecule is CC(=O)N[C@H]1[C@H](OCCCCO[Si](C)(C)C(C)(C)C)O[C@H](CO)[C@H](O)[C@@H]1O. The summed E-state index contributed by atoms with van der Waals surface area (Å²) in [7, 11) is -1.76. The Morgan fingerprint density at radius 1 is 1.15 bits per heavy atom. The highest BCUT2D eigenvalue weighted by Crippen LogP contribution is 2.36. The Bertz CT molecular complexity index is 469. The van der Waals surface area contributed by atoms with E-state index in [1.165, 1.54) is 6.92 Å². The predicted molar refractivity (Wildman–Crippen MR) is 104 cm³/mol. The molecule has 1 heterocycles. The van der Waals surface area contributed by atoms with Gasteiger partial charge in [0, 0.05) is 20.1 Å². The standard InChI is InChI=1S/C18H37NO7Si/c1-12(21)19-14-16(23)15(22)13(11-20)26-17(14)24-9-7-8-10-25-27(5,6)18(2,3)4/h13-17,20,22-23H,7-11H2,1-6H3,(H,19,21)/t13-,14-,15+,16-,17-/m1/s1. The van der Waals surface area contributed by atoms with Crippen LogP contribution < -0.4 is 5.32 Å². The van der Waals surface area contributed by atoms with Crippen LogP contribution in [0.4, 0.5) is 0 Å². The highest BCUT2D eigenvalue weighted by molar-refractivity contribution is 6.74. The van der Waals surface area contributed by atoms with E-state index in [0.29, 0.717) is 13.2 Å². The quantitative estimate of drug-likeness (QED) is 0.329. The Labute approximate surface area is 163 Å². The fourth-order valence-electron chi connectivity index (χ4n) is 2.56. The van der Waals surface area contributed by atoms with E-state index in [9.17, 15) is 20.1 Å². The first-order chi connectivity index (χ1) is 12.4. The molecule has 1 amide bonds. The number of aliphatic hydroxyl groups is 3. The van der Waals surface area contributed by atoms with E-state index in [2.05, 4.69) is 39.2 Å². The van der Waals surface area contributed by atoms with Gasteiger partial charge in [-0.25, -0.2) is 0 Å². The first kappa shape index (κ1) is 24.5. The largest absolute Gasteiger partial charge is 0.417 e. The van der Waals surface area contributed by atoms with E-state index in [1.54, 1.807) is 0 Å². The summed E-state index contributed by atoms with van der Waals surface area (Å²) in [5, 5.41) is 32.2. The van der Waals surface area contributed by atoms with Gasteiger partial charge in [-0.2, -0.15) is 0 Å². The lowest BCUT2D eigenvalue weighted by Gasteiger charge is -2.42. The number of ether oxygens (including phenoxy) is 2. The normalized spacial score (nSPS) is 29.6. The van der Waals surface area contributed by atoms with Crippen LogP contribution in [0.5, 0.6) is 0 Å². The summed E-state index contributed by atoms with van der Waals surface area (Å²) < 4.78 is 17.3. The van der Waals surface area contributed by atoms with E-state index in [-0.39, 0.29) is 10.9 Å². The van der Waals surface area contributed by atoms with Gasteiger partial charge in [-0.05, 0) is 31.0 Å². The van der Waals surface area contributed by atoms with Gasteiger partial charge in [0.25, 0.3) is 0 Å². The molecule has 0 unspecified atom stereocenters. The second kappa shape index (κ2) is 10.3. The van der Waals surface area contributed by atoms with Crippen LogP contribution in [-0.4, -0.2) is 80.0 Å². The fourth-order valence-corrected chi connectivity index (χ4v) is 3.65. The number of carbonyl (C=O) groups excluding carboxylic acids is 1. The van der Waals surface area contributed by atoms with Gasteiger partial charge in [-0.1, -0.05) is 20.8 Å². The van der Waals surface area contributed by atoms with Crippen molar-refractivity contribution >= 4 is 14.2 Å². The van der Waals surface area contributed by atoms with Crippen LogP contribution in [0.15, 0.2) is 0 Å². The molecule has 1 rings (SSSR count). The molecule has 0 radical (unpaired) electrons. The Balaban J connectivity index is 2.47. The summed E-state index contributed by atoms with van der Waals surface area (Å²) in [6.45, 7) is 12.9. The zero-order chi connectivity index (χ0) is 20.8. The summed E-state index contributed by atoms with van der Waals surface area (Å²) >= 11 is 0. The molecule has 1 fully saturated rings. The zero-order valence-corrected chi connectivity index (χ0v) is 18.4. The van der Waals surface area contributed by atoms with Crippen molar-refractivity contribution in [3.05, 3.63) is 0 Å². The summed E-state index contributed by atoms with van der Waals surface area (Å²) in [6, 6.07) is -0.899. The molecular formula is C18H37NO7Si. The molecule has 0 aromatic heterocycles. The molecule has 0 aliphatic carbocycles. The van der Waals surface area contributed by atoms with E-state index in [0.717, 1.165) is 12.8 Å². The van der Waals surface area contributed by atoms with Crippen molar-refractivity contribution < 1.29 is 34.0 Å². The number of hydrogen-bond donors (Lipinski definition) is 4. The van der Waals surface area contributed by atoms with Crippen LogP contribution in [0.2, 0.25) is 18.1 Å². The predicted octanol–water partition coefficient (Wildman–Crippen LogP) is 0.749. The second-order valence-corrected chi connectivity index (χ2v) is 13.4. The molecule has 0 bridgehead atoms. The van der Waals surface area contributed by atoms with Crippen LogP contribution in [0.25, 0.3) is 0 Å². The van der Waals surface area contributed by atoms with Gasteiger partial charge in [0.05, 0.1) is 6.61 Å². The Kier molecular flexibility index (Phi) is 9.33. The summed E-state index contributed by atoms with van der Waals surface area (Å²) in [5.74, 6) is -0.367. The number of carbonyl (C=O) groups is 1. The van der Waals surface area contributed by atoms with E-state index >= 15 is 0 Å². The molecule has 160 valence electrons. The van der Waals surface area contributed by atoms with Gasteiger partial charge in [0.2, 0.25) is 5.91 Å². The molecule has 1 aliphatic heterocycles. The molecule has 1 saturated heterocycles. The minimum absolute atomic E-state index is 0.168. The highest BCUT2D eigenvalue weighted by Gasteiger charge is 2.45. The monoisotopic (exact) mass is 407 g/mol. The average Bonchev–Trinajstić information content (AvgIpc) is 2.55. The Morgan fingerprint density at radius 2 is 1.74 bits per heavy atom. The maximum absolute atomic E-state index is 11.4. The summed E-state index contributed by atoms with van der Waals surface area (Å²) in [5.41, 5.74) is 0. The Morgan fingerprint density at radius 3 is 2.26 bits per heavy atom. The molecule has 27 heavy (non-hydrogen) atoms. The first-order valence-corrected chi connectivity index (χ1v) is 12.5. The number of nitrogens with one attached hydrogen (secondary N) is 1. The fraction of sp³-hybridized carbons (Fsp3) is 0.944. The highest BCUT2D eigenvalue weighted by atomic mass is 28.4. The van der Waals surface area contributed by atoms with Crippen LogP contribution in [0.3, 0.4) is 0 Å². The number of hydrogen-bond acceptors (Lipinski definition) is 7. The van der Waals surface area contributed by atoms with Gasteiger partial charge in [-0.3, -0.25) is 4.79 Å². The average molecular weight is 408 g/mol. The number of unbranched alkanes of at least 4 members (excludes halogenated alkanes) is 1. The molecule has 9 heteroatoms. The molecule has 0 saturated carbocycles. The van der Waals surface area contributed by atoms with Crippen LogP contribution in [0.1, 0.15) is 40.5 Å². The van der Waals surface area contributed by atoms with Gasteiger partial charge >= 0.3 is 0 Å². The van der Waals surface area contributed by atoms with Crippen LogP contribution in [0, 0.1) is 0 Å². The number of amides is 1. The second-order valence-electron chi connectivity index (χ2n) is 8.62. The molecule has 0 aromatic rings. The number of rotatable bonds is 9. The molecule has 5 atom stereocenters. The third-order valence-corrected chi connectivity index (χ3v) is 9.88.